The van der Waals surface area contributed by atoms with Gasteiger partial charge in [-0.25, -0.2) is 0 Å². The van der Waals surface area contributed by atoms with Gasteiger partial charge in [0.05, 0.1) is 18.6 Å². The standard InChI is InChI=1S/C8H17NO4/c1-6(2)13-8(10)7(3)4-5-12-9-11/h6-7,9,11H,4-5H2,1-3H3. The minimum Gasteiger partial charge on any atom is -0.463 e. The third-order valence-electron chi connectivity index (χ3n) is 1.47. The molecule has 2 N–H and O–H groups in total. The summed E-state index contributed by atoms with van der Waals surface area (Å²) in [5, 5.41) is 8.07. The second-order valence-corrected chi connectivity index (χ2v) is 3.12. The van der Waals surface area contributed by atoms with Crippen molar-refractivity contribution in [2.24, 2.45) is 5.92 Å². The van der Waals surface area contributed by atoms with E-state index in [9.17, 15) is 4.79 Å². The topological polar surface area (TPSA) is 67.8 Å². The molecule has 0 saturated carbocycles. The second kappa shape index (κ2) is 6.82. The molecule has 0 aliphatic carbocycles. The lowest BCUT2D eigenvalue weighted by molar-refractivity contribution is -0.156. The van der Waals surface area contributed by atoms with Crippen LogP contribution in [0.3, 0.4) is 0 Å². The molecule has 0 aromatic heterocycles. The van der Waals surface area contributed by atoms with E-state index in [1.54, 1.807) is 26.4 Å². The molecule has 5 nitrogen and oxygen atoms in total. The smallest absolute Gasteiger partial charge is 0.308 e. The van der Waals surface area contributed by atoms with E-state index in [1.807, 2.05) is 0 Å². The highest BCUT2D eigenvalue weighted by molar-refractivity contribution is 5.72. The summed E-state index contributed by atoms with van der Waals surface area (Å²) in [6.45, 7) is 5.63. The zero-order chi connectivity index (χ0) is 10.3. The highest BCUT2D eigenvalue weighted by Crippen LogP contribution is 2.06. The molecule has 5 heteroatoms. The number of nitrogens with one attached hydrogen (secondary N) is 1. The van der Waals surface area contributed by atoms with Crippen molar-refractivity contribution >= 4 is 5.97 Å². The summed E-state index contributed by atoms with van der Waals surface area (Å²) in [6, 6.07) is 0. The highest BCUT2D eigenvalue weighted by Gasteiger charge is 2.15. The van der Waals surface area contributed by atoms with E-state index >= 15 is 0 Å². The molecular weight excluding hydrogens is 174 g/mol. The van der Waals surface area contributed by atoms with Crippen molar-refractivity contribution < 1.29 is 19.6 Å². The Bertz CT molecular complexity index is 149. The van der Waals surface area contributed by atoms with Crippen LogP contribution in [0, 0.1) is 5.92 Å². The first-order valence-electron chi connectivity index (χ1n) is 4.29. The van der Waals surface area contributed by atoms with Gasteiger partial charge in [-0.2, -0.15) is 0 Å². The van der Waals surface area contributed by atoms with Gasteiger partial charge in [0, 0.05) is 0 Å². The van der Waals surface area contributed by atoms with Gasteiger partial charge in [-0.05, 0) is 20.3 Å². The summed E-state index contributed by atoms with van der Waals surface area (Å²) in [6.07, 6.45) is 0.422. The third-order valence-corrected chi connectivity index (χ3v) is 1.47. The van der Waals surface area contributed by atoms with E-state index in [0.29, 0.717) is 6.42 Å². The minimum atomic E-state index is -0.239. The summed E-state index contributed by atoms with van der Waals surface area (Å²) < 4.78 is 4.97. The molecule has 1 unspecified atom stereocenters. The molecule has 0 fully saturated rings. The normalized spacial score (nSPS) is 13.0. The first-order chi connectivity index (χ1) is 6.07. The average Bonchev–Trinajstić information content (AvgIpc) is 2.03. The maximum absolute atomic E-state index is 11.2. The molecule has 0 aromatic rings. The van der Waals surface area contributed by atoms with Gasteiger partial charge < -0.3 is 4.74 Å². The molecule has 0 radical (unpaired) electrons. The van der Waals surface area contributed by atoms with Crippen LogP contribution in [0.5, 0.6) is 0 Å². The van der Waals surface area contributed by atoms with Gasteiger partial charge in [-0.3, -0.25) is 14.8 Å². The van der Waals surface area contributed by atoms with Crippen molar-refractivity contribution in [3.63, 3.8) is 0 Å². The average molecular weight is 191 g/mol. The summed E-state index contributed by atoms with van der Waals surface area (Å²) in [7, 11) is 0. The predicted octanol–water partition coefficient (Wildman–Crippen LogP) is 0.875. The number of carbonyl (C=O) groups is 1. The van der Waals surface area contributed by atoms with Crippen molar-refractivity contribution in [2.45, 2.75) is 33.3 Å². The Labute approximate surface area is 77.9 Å². The van der Waals surface area contributed by atoms with Crippen molar-refractivity contribution in [3.05, 3.63) is 0 Å². The van der Waals surface area contributed by atoms with Crippen LogP contribution in [0.2, 0.25) is 0 Å². The van der Waals surface area contributed by atoms with Gasteiger partial charge >= 0.3 is 5.97 Å². The zero-order valence-corrected chi connectivity index (χ0v) is 8.24. The molecule has 0 bridgehead atoms. The molecule has 0 saturated heterocycles. The molecule has 0 amide bonds. The number of ether oxygens (including phenoxy) is 1. The zero-order valence-electron chi connectivity index (χ0n) is 8.24. The van der Waals surface area contributed by atoms with Crippen LogP contribution in [-0.4, -0.2) is 23.9 Å². The van der Waals surface area contributed by atoms with E-state index in [1.165, 1.54) is 0 Å². The van der Waals surface area contributed by atoms with Crippen LogP contribution < -0.4 is 5.64 Å². The quantitative estimate of drug-likeness (QED) is 0.370. The lowest BCUT2D eigenvalue weighted by Gasteiger charge is -2.13. The second-order valence-electron chi connectivity index (χ2n) is 3.12. The van der Waals surface area contributed by atoms with Crippen molar-refractivity contribution in [1.29, 1.82) is 0 Å². The van der Waals surface area contributed by atoms with Gasteiger partial charge in [-0.1, -0.05) is 12.6 Å². The fourth-order valence-corrected chi connectivity index (χ4v) is 0.748. The molecule has 0 spiro atoms. The first-order valence-corrected chi connectivity index (χ1v) is 4.29. The molecule has 0 aliphatic rings. The van der Waals surface area contributed by atoms with Gasteiger partial charge in [-0.15, -0.1) is 0 Å². The van der Waals surface area contributed by atoms with Crippen molar-refractivity contribution in [2.75, 3.05) is 6.61 Å². The SMILES string of the molecule is CC(C)OC(=O)C(C)CCONO. The number of rotatable bonds is 6. The summed E-state index contributed by atoms with van der Waals surface area (Å²) in [4.78, 5) is 15.6. The van der Waals surface area contributed by atoms with Crippen LogP contribution in [-0.2, 0) is 14.4 Å². The first kappa shape index (κ1) is 12.3. The van der Waals surface area contributed by atoms with Crippen molar-refractivity contribution in [3.8, 4) is 0 Å². The Morgan fingerprint density at radius 1 is 1.46 bits per heavy atom. The van der Waals surface area contributed by atoms with Crippen LogP contribution in [0.15, 0.2) is 0 Å². The predicted molar refractivity (Wildman–Crippen MR) is 45.9 cm³/mol. The molecular formula is C8H17NO4. The lowest BCUT2D eigenvalue weighted by atomic mass is 10.1. The maximum atomic E-state index is 11.2. The van der Waals surface area contributed by atoms with Crippen LogP contribution in [0.25, 0.3) is 0 Å². The Morgan fingerprint density at radius 3 is 2.54 bits per heavy atom. The van der Waals surface area contributed by atoms with Crippen LogP contribution in [0.4, 0.5) is 0 Å². The number of carbonyl (C=O) groups excluding carboxylic acids is 1. The Kier molecular flexibility index (Phi) is 6.48. The summed E-state index contributed by atoms with van der Waals surface area (Å²) in [5.74, 6) is -0.452. The van der Waals surface area contributed by atoms with E-state index < -0.39 is 0 Å². The highest BCUT2D eigenvalue weighted by atomic mass is 16.8. The van der Waals surface area contributed by atoms with Gasteiger partial charge in [0.25, 0.3) is 0 Å². The van der Waals surface area contributed by atoms with E-state index in [4.69, 9.17) is 9.94 Å². The molecule has 0 aromatic carbocycles. The van der Waals surface area contributed by atoms with Gasteiger partial charge in [0.15, 0.2) is 0 Å². The number of hydrogen-bond acceptors (Lipinski definition) is 5. The van der Waals surface area contributed by atoms with Crippen molar-refractivity contribution in [1.82, 2.24) is 5.64 Å². The van der Waals surface area contributed by atoms with Gasteiger partial charge in [0.2, 0.25) is 0 Å². The van der Waals surface area contributed by atoms with Gasteiger partial charge in [0.1, 0.15) is 0 Å². The Hall–Kier alpha value is -0.650. The lowest BCUT2D eigenvalue weighted by Crippen LogP contribution is -2.21. The minimum absolute atomic E-state index is 0.0909. The maximum Gasteiger partial charge on any atom is 0.308 e. The largest absolute Gasteiger partial charge is 0.463 e. The fourth-order valence-electron chi connectivity index (χ4n) is 0.748. The number of esters is 1. The molecule has 0 rings (SSSR count). The summed E-state index contributed by atoms with van der Waals surface area (Å²) >= 11 is 0. The monoisotopic (exact) mass is 191 g/mol. The fraction of sp³-hybridized carbons (Fsp3) is 0.875. The molecule has 1 atom stereocenters. The molecule has 78 valence electrons. The van der Waals surface area contributed by atoms with Crippen LogP contribution >= 0.6 is 0 Å². The molecule has 13 heavy (non-hydrogen) atoms. The van der Waals surface area contributed by atoms with Crippen LogP contribution in [0.1, 0.15) is 27.2 Å². The Morgan fingerprint density at radius 2 is 2.08 bits per heavy atom. The number of hydrogen-bond donors (Lipinski definition) is 2. The van der Waals surface area contributed by atoms with E-state index in [0.717, 1.165) is 0 Å². The molecule has 0 heterocycles. The summed E-state index contributed by atoms with van der Waals surface area (Å²) in [5.41, 5.74) is 1.55. The molecule has 0 aliphatic heterocycles. The Balaban J connectivity index is 3.57. The van der Waals surface area contributed by atoms with E-state index in [2.05, 4.69) is 4.84 Å². The van der Waals surface area contributed by atoms with E-state index in [-0.39, 0.29) is 24.6 Å². The third kappa shape index (κ3) is 6.51.